The summed E-state index contributed by atoms with van der Waals surface area (Å²) in [6.07, 6.45) is 0.609. The highest BCUT2D eigenvalue weighted by Crippen LogP contribution is 2.50. The van der Waals surface area contributed by atoms with E-state index in [1.54, 1.807) is 25.2 Å². The van der Waals surface area contributed by atoms with Gasteiger partial charge >= 0.3 is 7.60 Å². The average Bonchev–Trinajstić information content (AvgIpc) is 3.21. The van der Waals surface area contributed by atoms with E-state index in [1.165, 1.54) is 12.0 Å². The van der Waals surface area contributed by atoms with Gasteiger partial charge in [-0.2, -0.15) is 0 Å². The van der Waals surface area contributed by atoms with E-state index in [4.69, 9.17) is 18.6 Å². The summed E-state index contributed by atoms with van der Waals surface area (Å²) in [5.74, 6) is 0.614. The lowest BCUT2D eigenvalue weighted by atomic mass is 9.98. The first-order valence-corrected chi connectivity index (χ1v) is 11.3. The van der Waals surface area contributed by atoms with Gasteiger partial charge in [-0.1, -0.05) is 5.16 Å². The molecule has 1 heterocycles. The van der Waals surface area contributed by atoms with Crippen LogP contribution in [0.25, 0.3) is 11.3 Å². The molecule has 0 saturated heterocycles. The van der Waals surface area contributed by atoms with E-state index in [2.05, 4.69) is 10.1 Å². The van der Waals surface area contributed by atoms with Crippen molar-refractivity contribution in [2.45, 2.75) is 27.2 Å². The highest BCUT2D eigenvalue weighted by molar-refractivity contribution is 7.53. The monoisotopic (exact) mass is 410 g/mol. The van der Waals surface area contributed by atoms with Gasteiger partial charge < -0.3 is 18.6 Å². The van der Waals surface area contributed by atoms with Gasteiger partial charge in [0.25, 0.3) is 0 Å². The number of thiazole rings is 1. The zero-order chi connectivity index (χ0) is 19.4. The van der Waals surface area contributed by atoms with Gasteiger partial charge in [-0.15, -0.1) is 11.3 Å². The molecule has 1 aliphatic rings. The number of oxime groups is 1. The number of fused-ring (bicyclic) bond motifs is 3. The number of benzene rings is 1. The highest BCUT2D eigenvalue weighted by Gasteiger charge is 2.30. The van der Waals surface area contributed by atoms with Gasteiger partial charge in [0.2, 0.25) is 0 Å². The van der Waals surface area contributed by atoms with Crippen LogP contribution in [0.15, 0.2) is 22.8 Å². The standard InChI is InChI=1S/C18H23N2O5PS/c1-5-24-26(21,25-6-2)11-23-15-8-7-13(12(3)20-22-4)14-9-16-18(17(14)15)19-10-27-16/h7-8,10H,5-6,9,11H2,1-4H3. The van der Waals surface area contributed by atoms with Crippen molar-refractivity contribution in [3.05, 3.63) is 33.6 Å². The van der Waals surface area contributed by atoms with Crippen LogP contribution in [-0.2, 0) is 24.9 Å². The molecule has 0 amide bonds. The molecular weight excluding hydrogens is 387 g/mol. The van der Waals surface area contributed by atoms with Gasteiger partial charge in [0.1, 0.15) is 12.9 Å². The fraction of sp³-hybridized carbons (Fsp3) is 0.444. The Kier molecular flexibility index (Phi) is 6.32. The molecule has 0 bridgehead atoms. The normalized spacial score (nSPS) is 13.4. The van der Waals surface area contributed by atoms with Gasteiger partial charge in [0.05, 0.1) is 30.1 Å². The Balaban J connectivity index is 1.97. The van der Waals surface area contributed by atoms with Crippen LogP contribution in [0.4, 0.5) is 0 Å². The second kappa shape index (κ2) is 8.52. The van der Waals surface area contributed by atoms with Crippen LogP contribution in [0.3, 0.4) is 0 Å². The van der Waals surface area contributed by atoms with E-state index in [-0.39, 0.29) is 6.35 Å². The molecule has 0 unspecified atom stereocenters. The molecule has 0 atom stereocenters. The average molecular weight is 410 g/mol. The Hall–Kier alpha value is -1.73. The molecule has 3 rings (SSSR count). The summed E-state index contributed by atoms with van der Waals surface area (Å²) in [6.45, 7) is 6.04. The second-order valence-corrected chi connectivity index (χ2v) is 8.78. The first-order valence-electron chi connectivity index (χ1n) is 8.70. The van der Waals surface area contributed by atoms with E-state index < -0.39 is 7.60 Å². The third-order valence-electron chi connectivity index (χ3n) is 4.14. The van der Waals surface area contributed by atoms with Gasteiger partial charge in [0, 0.05) is 22.4 Å². The second-order valence-electron chi connectivity index (χ2n) is 5.84. The smallest absolute Gasteiger partial charge is 0.367 e. The van der Waals surface area contributed by atoms with Crippen molar-refractivity contribution in [1.29, 1.82) is 0 Å². The maximum atomic E-state index is 12.7. The quantitative estimate of drug-likeness (QED) is 0.289. The fourth-order valence-corrected chi connectivity index (χ4v) is 5.22. The summed E-state index contributed by atoms with van der Waals surface area (Å²) in [6, 6.07) is 3.79. The summed E-state index contributed by atoms with van der Waals surface area (Å²) in [5.41, 5.74) is 6.49. The minimum absolute atomic E-state index is 0.148. The van der Waals surface area contributed by atoms with Gasteiger partial charge in [-0.25, -0.2) is 4.98 Å². The minimum atomic E-state index is -3.30. The van der Waals surface area contributed by atoms with Gasteiger partial charge in [0.15, 0.2) is 6.35 Å². The molecule has 1 aromatic carbocycles. The first kappa shape index (κ1) is 20.0. The molecular formula is C18H23N2O5PS. The molecule has 0 radical (unpaired) electrons. The van der Waals surface area contributed by atoms with E-state index in [9.17, 15) is 4.57 Å². The molecule has 0 spiro atoms. The van der Waals surface area contributed by atoms with Crippen LogP contribution in [0, 0.1) is 0 Å². The third kappa shape index (κ3) is 4.09. The number of nitrogens with zero attached hydrogens (tertiary/aromatic N) is 2. The minimum Gasteiger partial charge on any atom is -0.480 e. The molecule has 1 aromatic heterocycles. The lowest BCUT2D eigenvalue weighted by molar-refractivity contribution is 0.197. The number of rotatable bonds is 9. The highest BCUT2D eigenvalue weighted by atomic mass is 32.1. The number of aromatic nitrogens is 1. The molecule has 0 aliphatic heterocycles. The lowest BCUT2D eigenvalue weighted by Gasteiger charge is -2.19. The van der Waals surface area contributed by atoms with Gasteiger partial charge in [-0.3, -0.25) is 4.57 Å². The van der Waals surface area contributed by atoms with E-state index in [0.29, 0.717) is 19.0 Å². The van der Waals surface area contributed by atoms with E-state index in [1.807, 2.05) is 24.6 Å². The summed E-state index contributed by atoms with van der Waals surface area (Å²) in [7, 11) is -1.78. The molecule has 9 heteroatoms. The van der Waals surface area contributed by atoms with Crippen LogP contribution in [-0.4, -0.2) is 37.4 Å². The zero-order valence-electron chi connectivity index (χ0n) is 15.9. The molecule has 27 heavy (non-hydrogen) atoms. The number of hydrogen-bond acceptors (Lipinski definition) is 8. The summed E-state index contributed by atoms with van der Waals surface area (Å²) in [4.78, 5) is 10.6. The summed E-state index contributed by atoms with van der Waals surface area (Å²) < 4.78 is 29.3. The van der Waals surface area contributed by atoms with Crippen molar-refractivity contribution >= 4 is 24.6 Å². The summed E-state index contributed by atoms with van der Waals surface area (Å²) in [5, 5.41) is 4.06. The SMILES string of the molecule is CCOP(=O)(COc1ccc(C(C)=NOC)c2c1-c1ncsc1C2)OCC. The molecule has 2 aromatic rings. The van der Waals surface area contributed by atoms with Crippen LogP contribution >= 0.6 is 18.9 Å². The van der Waals surface area contributed by atoms with E-state index >= 15 is 0 Å². The topological polar surface area (TPSA) is 79.2 Å². The fourth-order valence-electron chi connectivity index (χ4n) is 3.13. The van der Waals surface area contributed by atoms with Crippen molar-refractivity contribution < 1.29 is 23.2 Å². The van der Waals surface area contributed by atoms with Gasteiger partial charge in [-0.05, 0) is 38.5 Å². The largest absolute Gasteiger partial charge is 0.480 e. The maximum Gasteiger partial charge on any atom is 0.367 e. The molecule has 7 nitrogen and oxygen atoms in total. The van der Waals surface area contributed by atoms with Crippen molar-refractivity contribution in [3.8, 4) is 17.0 Å². The summed E-state index contributed by atoms with van der Waals surface area (Å²) >= 11 is 1.61. The predicted octanol–water partition coefficient (Wildman–Crippen LogP) is 4.69. The maximum absolute atomic E-state index is 12.7. The third-order valence-corrected chi connectivity index (χ3v) is 6.72. The zero-order valence-corrected chi connectivity index (χ0v) is 17.6. The molecule has 146 valence electrons. The van der Waals surface area contributed by atoms with Crippen LogP contribution in [0.1, 0.15) is 36.8 Å². The van der Waals surface area contributed by atoms with Crippen molar-refractivity contribution in [2.24, 2.45) is 5.16 Å². The first-order chi connectivity index (χ1) is 13.0. The van der Waals surface area contributed by atoms with Crippen molar-refractivity contribution in [1.82, 2.24) is 4.98 Å². The Labute approximate surface area is 162 Å². The molecule has 0 N–H and O–H groups in total. The Morgan fingerprint density at radius 3 is 2.70 bits per heavy atom. The molecule has 0 fully saturated rings. The lowest BCUT2D eigenvalue weighted by Crippen LogP contribution is -2.08. The van der Waals surface area contributed by atoms with Crippen molar-refractivity contribution in [3.63, 3.8) is 0 Å². The van der Waals surface area contributed by atoms with Crippen molar-refractivity contribution in [2.75, 3.05) is 26.7 Å². The number of hydrogen-bond donors (Lipinski definition) is 0. The van der Waals surface area contributed by atoms with E-state index in [0.717, 1.165) is 34.5 Å². The van der Waals surface area contributed by atoms with Crippen LogP contribution < -0.4 is 4.74 Å². The molecule has 0 saturated carbocycles. The Morgan fingerprint density at radius 2 is 2.04 bits per heavy atom. The predicted molar refractivity (Wildman–Crippen MR) is 106 cm³/mol. The molecule has 1 aliphatic carbocycles. The Morgan fingerprint density at radius 1 is 1.30 bits per heavy atom. The van der Waals surface area contributed by atoms with Crippen LogP contribution in [0.2, 0.25) is 0 Å². The number of ether oxygens (including phenoxy) is 1. The van der Waals surface area contributed by atoms with Crippen LogP contribution in [0.5, 0.6) is 5.75 Å². The Bertz CT molecular complexity index is 886.